The number of hydrogen-bond donors (Lipinski definition) is 1. The Balaban J connectivity index is 1.92. The Morgan fingerprint density at radius 1 is 1.27 bits per heavy atom. The summed E-state index contributed by atoms with van der Waals surface area (Å²) in [7, 11) is 1.62. The molecular weight excluding hydrogens is 286 g/mol. The largest absolute Gasteiger partial charge is 0.496 e. The number of nitrogens with zero attached hydrogens (tertiary/aromatic N) is 1. The lowest BCUT2D eigenvalue weighted by atomic mass is 10.0. The predicted octanol–water partition coefficient (Wildman–Crippen LogP) is 2.99. The van der Waals surface area contributed by atoms with E-state index >= 15 is 0 Å². The van der Waals surface area contributed by atoms with Crippen LogP contribution in [-0.4, -0.2) is 18.6 Å². The third-order valence-corrected chi connectivity index (χ3v) is 4.14. The monoisotopic (exact) mass is 304 g/mol. The first-order valence-corrected chi connectivity index (χ1v) is 7.18. The molecule has 2 aromatic rings. The predicted molar refractivity (Wildman–Crippen MR) is 80.4 cm³/mol. The first kappa shape index (κ1) is 14.9. The van der Waals surface area contributed by atoms with Gasteiger partial charge in [-0.25, -0.2) is 8.78 Å². The van der Waals surface area contributed by atoms with Gasteiger partial charge in [-0.2, -0.15) is 0 Å². The van der Waals surface area contributed by atoms with E-state index in [2.05, 4.69) is 0 Å². The van der Waals surface area contributed by atoms with Crippen LogP contribution in [0.4, 0.5) is 8.78 Å². The van der Waals surface area contributed by atoms with Crippen LogP contribution in [0.1, 0.15) is 22.7 Å². The lowest BCUT2D eigenvalue weighted by molar-refractivity contribution is 0.207. The fourth-order valence-electron chi connectivity index (χ4n) is 3.09. The zero-order chi connectivity index (χ0) is 15.7. The molecule has 0 spiro atoms. The van der Waals surface area contributed by atoms with E-state index in [1.54, 1.807) is 7.11 Å². The summed E-state index contributed by atoms with van der Waals surface area (Å²) in [5.41, 5.74) is 8.03. The molecule has 0 amide bonds. The first-order chi connectivity index (χ1) is 10.6. The molecule has 1 heterocycles. The third kappa shape index (κ3) is 2.58. The average molecular weight is 304 g/mol. The Hall–Kier alpha value is -1.98. The van der Waals surface area contributed by atoms with Crippen molar-refractivity contribution in [1.82, 2.24) is 4.90 Å². The van der Waals surface area contributed by atoms with E-state index in [-0.39, 0.29) is 6.04 Å². The van der Waals surface area contributed by atoms with Gasteiger partial charge in [0.1, 0.15) is 17.4 Å². The van der Waals surface area contributed by atoms with Gasteiger partial charge >= 0.3 is 0 Å². The number of methoxy groups -OCH3 is 1. The van der Waals surface area contributed by atoms with Gasteiger partial charge in [0.25, 0.3) is 0 Å². The summed E-state index contributed by atoms with van der Waals surface area (Å²) in [6.45, 7) is 1.30. The summed E-state index contributed by atoms with van der Waals surface area (Å²) in [5, 5.41) is 0. The molecule has 1 aliphatic rings. The maximum atomic E-state index is 14.0. The number of halogens is 2. The topological polar surface area (TPSA) is 38.5 Å². The highest BCUT2D eigenvalue weighted by Gasteiger charge is 2.32. The summed E-state index contributed by atoms with van der Waals surface area (Å²) in [4.78, 5) is 2.05. The molecule has 0 bridgehead atoms. The van der Waals surface area contributed by atoms with Crippen LogP contribution in [0, 0.1) is 11.6 Å². The Morgan fingerprint density at radius 3 is 2.77 bits per heavy atom. The van der Waals surface area contributed by atoms with Gasteiger partial charge in [0.2, 0.25) is 0 Å². The summed E-state index contributed by atoms with van der Waals surface area (Å²) in [5.74, 6) is -0.286. The van der Waals surface area contributed by atoms with E-state index < -0.39 is 11.6 Å². The first-order valence-electron chi connectivity index (χ1n) is 7.18. The van der Waals surface area contributed by atoms with E-state index in [1.807, 2.05) is 29.2 Å². The summed E-state index contributed by atoms with van der Waals surface area (Å²) in [6.07, 6.45) is 0. The van der Waals surface area contributed by atoms with Crippen molar-refractivity contribution in [2.24, 2.45) is 5.73 Å². The maximum absolute atomic E-state index is 14.0. The van der Waals surface area contributed by atoms with Gasteiger partial charge in [-0.15, -0.1) is 0 Å². The minimum Gasteiger partial charge on any atom is -0.496 e. The molecule has 116 valence electrons. The normalized spacial score (nSPS) is 17.5. The second-order valence-electron chi connectivity index (χ2n) is 5.42. The van der Waals surface area contributed by atoms with Gasteiger partial charge in [-0.05, 0) is 17.7 Å². The van der Waals surface area contributed by atoms with Gasteiger partial charge in [-0.3, -0.25) is 4.90 Å². The van der Waals surface area contributed by atoms with Crippen LogP contribution < -0.4 is 10.5 Å². The maximum Gasteiger partial charge on any atom is 0.130 e. The van der Waals surface area contributed by atoms with Gasteiger partial charge in [0, 0.05) is 42.9 Å². The fourth-order valence-corrected chi connectivity index (χ4v) is 3.09. The van der Waals surface area contributed by atoms with Crippen molar-refractivity contribution in [2.75, 3.05) is 13.7 Å². The fraction of sp³-hybridized carbons (Fsp3) is 0.294. The molecule has 3 rings (SSSR count). The van der Waals surface area contributed by atoms with Gasteiger partial charge < -0.3 is 10.5 Å². The molecule has 0 radical (unpaired) electrons. The summed E-state index contributed by atoms with van der Waals surface area (Å²) < 4.78 is 32.8. The van der Waals surface area contributed by atoms with Crippen molar-refractivity contribution in [1.29, 1.82) is 0 Å². The van der Waals surface area contributed by atoms with Crippen molar-refractivity contribution >= 4 is 0 Å². The van der Waals surface area contributed by atoms with E-state index in [4.69, 9.17) is 10.5 Å². The standard InChI is InChI=1S/C17H18F2N2O/c1-22-17-5-3-2-4-11(17)9-21-10-14-13(16(21)8-20)6-12(18)7-15(14)19/h2-7,16H,8-10,20H2,1H3. The number of hydrogen-bond acceptors (Lipinski definition) is 3. The second kappa shape index (κ2) is 6.02. The van der Waals surface area contributed by atoms with E-state index in [0.717, 1.165) is 17.4 Å². The van der Waals surface area contributed by atoms with Crippen LogP contribution in [0.3, 0.4) is 0 Å². The molecule has 2 N–H and O–H groups in total. The van der Waals surface area contributed by atoms with E-state index in [9.17, 15) is 8.78 Å². The zero-order valence-electron chi connectivity index (χ0n) is 12.4. The smallest absolute Gasteiger partial charge is 0.130 e. The Bertz CT molecular complexity index is 690. The van der Waals surface area contributed by atoms with Gasteiger partial charge in [0.05, 0.1) is 7.11 Å². The average Bonchev–Trinajstić information content (AvgIpc) is 2.85. The highest BCUT2D eigenvalue weighted by Crippen LogP contribution is 2.37. The minimum absolute atomic E-state index is 0.190. The van der Waals surface area contributed by atoms with Gasteiger partial charge in [0.15, 0.2) is 0 Å². The van der Waals surface area contributed by atoms with Crippen molar-refractivity contribution in [3.63, 3.8) is 0 Å². The van der Waals surface area contributed by atoms with Crippen molar-refractivity contribution < 1.29 is 13.5 Å². The van der Waals surface area contributed by atoms with Crippen LogP contribution >= 0.6 is 0 Å². The molecular formula is C17H18F2N2O. The molecule has 2 aromatic carbocycles. The van der Waals surface area contributed by atoms with Crippen molar-refractivity contribution in [3.8, 4) is 5.75 Å². The molecule has 0 aromatic heterocycles. The van der Waals surface area contributed by atoms with E-state index in [0.29, 0.717) is 30.8 Å². The SMILES string of the molecule is COc1ccccc1CN1Cc2c(F)cc(F)cc2C1CN. The molecule has 0 saturated carbocycles. The van der Waals surface area contributed by atoms with Crippen LogP contribution in [0.15, 0.2) is 36.4 Å². The molecule has 1 aliphatic heterocycles. The number of benzene rings is 2. The summed E-state index contributed by atoms with van der Waals surface area (Å²) >= 11 is 0. The molecule has 0 aliphatic carbocycles. The highest BCUT2D eigenvalue weighted by atomic mass is 19.1. The number of rotatable bonds is 4. The molecule has 22 heavy (non-hydrogen) atoms. The number of ether oxygens (including phenoxy) is 1. The van der Waals surface area contributed by atoms with Crippen LogP contribution in [0.5, 0.6) is 5.75 Å². The quantitative estimate of drug-likeness (QED) is 0.944. The van der Waals surface area contributed by atoms with Crippen molar-refractivity contribution in [3.05, 3.63) is 64.7 Å². The molecule has 5 heteroatoms. The minimum atomic E-state index is -0.561. The Labute approximate surface area is 128 Å². The van der Waals surface area contributed by atoms with Crippen LogP contribution in [0.25, 0.3) is 0 Å². The van der Waals surface area contributed by atoms with Crippen LogP contribution in [-0.2, 0) is 13.1 Å². The molecule has 1 atom stereocenters. The third-order valence-electron chi connectivity index (χ3n) is 4.14. The molecule has 1 unspecified atom stereocenters. The highest BCUT2D eigenvalue weighted by molar-refractivity contribution is 5.38. The second-order valence-corrected chi connectivity index (χ2v) is 5.42. The summed E-state index contributed by atoms with van der Waals surface area (Å²) in [6, 6.07) is 9.81. The lowest BCUT2D eigenvalue weighted by Gasteiger charge is -2.24. The Kier molecular flexibility index (Phi) is 4.09. The molecule has 3 nitrogen and oxygen atoms in total. The molecule has 0 saturated heterocycles. The number of nitrogens with two attached hydrogens (primary N) is 1. The van der Waals surface area contributed by atoms with Crippen molar-refractivity contribution in [2.45, 2.75) is 19.1 Å². The lowest BCUT2D eigenvalue weighted by Crippen LogP contribution is -2.27. The zero-order valence-corrected chi connectivity index (χ0v) is 12.4. The van der Waals surface area contributed by atoms with Gasteiger partial charge in [-0.1, -0.05) is 18.2 Å². The number of fused-ring (bicyclic) bond motifs is 1. The van der Waals surface area contributed by atoms with Crippen LogP contribution in [0.2, 0.25) is 0 Å². The molecule has 0 fully saturated rings. The number of para-hydroxylation sites is 1. The Morgan fingerprint density at radius 2 is 2.05 bits per heavy atom. The van der Waals surface area contributed by atoms with E-state index in [1.165, 1.54) is 6.07 Å².